The summed E-state index contributed by atoms with van der Waals surface area (Å²) in [6.45, 7) is 2.51. The molecule has 1 aromatic rings. The number of carbonyl (C=O) groups excluding carboxylic acids is 5. The molecular weight excluding hydrogens is 470 g/mol. The molecular formula is C22H23NO12. The molecule has 0 spiro atoms. The van der Waals surface area contributed by atoms with E-state index in [0.717, 1.165) is 25.7 Å². The molecule has 2 heterocycles. The lowest BCUT2D eigenvalue weighted by Crippen LogP contribution is -2.63. The highest BCUT2D eigenvalue weighted by molar-refractivity contribution is 6.21. The first-order valence-corrected chi connectivity index (χ1v) is 10.5. The van der Waals surface area contributed by atoms with E-state index < -0.39 is 66.4 Å². The third kappa shape index (κ3) is 5.63. The van der Waals surface area contributed by atoms with Gasteiger partial charge in [0.1, 0.15) is 0 Å². The molecule has 35 heavy (non-hydrogen) atoms. The van der Waals surface area contributed by atoms with Crippen molar-refractivity contribution in [1.29, 1.82) is 0 Å². The van der Waals surface area contributed by atoms with Crippen LogP contribution in [-0.4, -0.2) is 89.6 Å². The Labute approximate surface area is 198 Å². The topological polar surface area (TPSA) is 172 Å². The van der Waals surface area contributed by atoms with Gasteiger partial charge in [-0.25, -0.2) is 4.79 Å². The van der Waals surface area contributed by atoms with E-state index in [1.165, 1.54) is 12.1 Å². The molecule has 0 unspecified atom stereocenters. The van der Waals surface area contributed by atoms with E-state index in [4.69, 9.17) is 23.7 Å². The van der Waals surface area contributed by atoms with Gasteiger partial charge in [-0.15, -0.1) is 0 Å². The summed E-state index contributed by atoms with van der Waals surface area (Å²) in [7, 11) is 0. The number of aliphatic carboxylic acids is 1. The standard InChI is InChI=1S/C22H23NO12/c1-10(24)32-15-16(33-11(2)25)18(34-12(3)26)22(35-17(15)21(29)30)31-9-8-23-19(27)13-6-4-5-7-14(13)20(23)28/h4-7,15-18,22H,8-9H2,1-3H3,(H,29,30)/t15-,16-,17-,18+,22+/m0/s1. The zero-order valence-corrected chi connectivity index (χ0v) is 19.0. The summed E-state index contributed by atoms with van der Waals surface area (Å²) in [5.41, 5.74) is 0.462. The molecule has 2 aliphatic rings. The van der Waals surface area contributed by atoms with Gasteiger partial charge in [-0.2, -0.15) is 0 Å². The van der Waals surface area contributed by atoms with Crippen LogP contribution in [0.5, 0.6) is 0 Å². The highest BCUT2D eigenvalue weighted by atomic mass is 16.7. The van der Waals surface area contributed by atoms with E-state index in [1.807, 2.05) is 0 Å². The molecule has 1 saturated heterocycles. The number of nitrogens with zero attached hydrogens (tertiary/aromatic N) is 1. The average molecular weight is 493 g/mol. The number of carboxylic acid groups (broad SMARTS) is 1. The minimum atomic E-state index is -1.85. The molecule has 2 amide bonds. The van der Waals surface area contributed by atoms with Crippen molar-refractivity contribution < 1.29 is 57.6 Å². The van der Waals surface area contributed by atoms with Gasteiger partial charge in [0.15, 0.2) is 30.7 Å². The number of hydrogen-bond acceptors (Lipinski definition) is 11. The van der Waals surface area contributed by atoms with Crippen LogP contribution in [0.25, 0.3) is 0 Å². The molecule has 3 rings (SSSR count). The van der Waals surface area contributed by atoms with Crippen LogP contribution in [-0.2, 0) is 42.9 Å². The fourth-order valence-electron chi connectivity index (χ4n) is 3.81. The Balaban J connectivity index is 1.81. The monoisotopic (exact) mass is 493 g/mol. The first-order valence-electron chi connectivity index (χ1n) is 10.5. The summed E-state index contributed by atoms with van der Waals surface area (Å²) in [6.07, 6.45) is -8.22. The summed E-state index contributed by atoms with van der Waals surface area (Å²) < 4.78 is 26.3. The van der Waals surface area contributed by atoms with Crippen molar-refractivity contribution in [2.45, 2.75) is 51.5 Å². The van der Waals surface area contributed by atoms with E-state index in [9.17, 15) is 33.9 Å². The normalized spacial score (nSPS) is 25.6. The van der Waals surface area contributed by atoms with Gasteiger partial charge < -0.3 is 28.8 Å². The van der Waals surface area contributed by atoms with Crippen molar-refractivity contribution in [3.05, 3.63) is 35.4 Å². The number of amides is 2. The molecule has 1 fully saturated rings. The lowest BCUT2D eigenvalue weighted by Gasteiger charge is -2.42. The van der Waals surface area contributed by atoms with Crippen LogP contribution in [0, 0.1) is 0 Å². The van der Waals surface area contributed by atoms with E-state index in [1.54, 1.807) is 12.1 Å². The fraction of sp³-hybridized carbons (Fsp3) is 0.455. The Hall–Kier alpha value is -3.84. The number of carbonyl (C=O) groups is 6. The molecule has 13 nitrogen and oxygen atoms in total. The highest BCUT2D eigenvalue weighted by Crippen LogP contribution is 2.30. The molecule has 188 valence electrons. The summed E-state index contributed by atoms with van der Waals surface area (Å²) in [5, 5.41) is 9.61. The first kappa shape index (κ1) is 25.8. The Kier molecular flexibility index (Phi) is 7.82. The summed E-state index contributed by atoms with van der Waals surface area (Å²) in [4.78, 5) is 72.8. The van der Waals surface area contributed by atoms with Crippen molar-refractivity contribution in [3.8, 4) is 0 Å². The van der Waals surface area contributed by atoms with Crippen LogP contribution >= 0.6 is 0 Å². The second kappa shape index (κ2) is 10.6. The molecule has 13 heteroatoms. The van der Waals surface area contributed by atoms with Crippen molar-refractivity contribution >= 4 is 35.7 Å². The third-order valence-electron chi connectivity index (χ3n) is 5.12. The van der Waals surface area contributed by atoms with E-state index in [2.05, 4.69) is 0 Å². The van der Waals surface area contributed by atoms with Crippen molar-refractivity contribution in [3.63, 3.8) is 0 Å². The van der Waals surface area contributed by atoms with E-state index >= 15 is 0 Å². The molecule has 1 N–H and O–H groups in total. The molecule has 0 aromatic heterocycles. The maximum atomic E-state index is 12.5. The minimum Gasteiger partial charge on any atom is -0.479 e. The van der Waals surface area contributed by atoms with Crippen LogP contribution in [0.1, 0.15) is 41.5 Å². The van der Waals surface area contributed by atoms with Crippen LogP contribution < -0.4 is 0 Å². The van der Waals surface area contributed by atoms with E-state index in [0.29, 0.717) is 0 Å². The number of fused-ring (bicyclic) bond motifs is 1. The summed E-state index contributed by atoms with van der Waals surface area (Å²) in [5.74, 6) is -5.25. The van der Waals surface area contributed by atoms with Crippen LogP contribution in [0.2, 0.25) is 0 Å². The molecule has 0 bridgehead atoms. The number of esters is 3. The Morgan fingerprint density at radius 1 is 0.857 bits per heavy atom. The predicted molar refractivity (Wildman–Crippen MR) is 111 cm³/mol. The number of hydrogen-bond donors (Lipinski definition) is 1. The second-order valence-electron chi connectivity index (χ2n) is 7.66. The predicted octanol–water partition coefficient (Wildman–Crippen LogP) is -0.0962. The average Bonchev–Trinajstić information content (AvgIpc) is 3.01. The lowest BCUT2D eigenvalue weighted by molar-refractivity contribution is -0.301. The van der Waals surface area contributed by atoms with Gasteiger partial charge in [-0.1, -0.05) is 12.1 Å². The molecule has 2 aliphatic heterocycles. The third-order valence-corrected chi connectivity index (χ3v) is 5.12. The summed E-state index contributed by atoms with van der Waals surface area (Å²) in [6, 6.07) is 6.25. The van der Waals surface area contributed by atoms with Gasteiger partial charge in [-0.3, -0.25) is 28.9 Å². The van der Waals surface area contributed by atoms with Crippen LogP contribution in [0.4, 0.5) is 0 Å². The SMILES string of the molecule is CC(=O)O[C@@H]1[C@@H](OC(C)=O)[C@H](OCCN2C(=O)c3ccccc3C2=O)O[C@H](C(=O)O)[C@H]1OC(C)=O. The minimum absolute atomic E-state index is 0.231. The number of imide groups is 1. The first-order chi connectivity index (χ1) is 16.5. The molecule has 0 aliphatic carbocycles. The number of carboxylic acids is 1. The van der Waals surface area contributed by atoms with E-state index in [-0.39, 0.29) is 24.3 Å². The summed E-state index contributed by atoms with van der Waals surface area (Å²) >= 11 is 0. The zero-order valence-electron chi connectivity index (χ0n) is 19.0. The number of ether oxygens (including phenoxy) is 5. The molecule has 0 radical (unpaired) electrons. The quantitative estimate of drug-likeness (QED) is 0.290. The van der Waals surface area contributed by atoms with Gasteiger partial charge in [0.05, 0.1) is 24.3 Å². The molecule has 1 aromatic carbocycles. The van der Waals surface area contributed by atoms with Crippen molar-refractivity contribution in [2.24, 2.45) is 0 Å². The number of rotatable bonds is 8. The maximum Gasteiger partial charge on any atom is 0.337 e. The van der Waals surface area contributed by atoms with Crippen LogP contribution in [0.3, 0.4) is 0 Å². The fourth-order valence-corrected chi connectivity index (χ4v) is 3.81. The van der Waals surface area contributed by atoms with Gasteiger partial charge in [-0.05, 0) is 12.1 Å². The molecule has 0 saturated carbocycles. The van der Waals surface area contributed by atoms with Crippen LogP contribution in [0.15, 0.2) is 24.3 Å². The van der Waals surface area contributed by atoms with Crippen molar-refractivity contribution in [2.75, 3.05) is 13.2 Å². The van der Waals surface area contributed by atoms with Gasteiger partial charge in [0.25, 0.3) is 11.8 Å². The van der Waals surface area contributed by atoms with Gasteiger partial charge in [0.2, 0.25) is 0 Å². The Bertz CT molecular complexity index is 1020. The van der Waals surface area contributed by atoms with Crippen molar-refractivity contribution in [1.82, 2.24) is 4.90 Å². The second-order valence-corrected chi connectivity index (χ2v) is 7.66. The lowest BCUT2D eigenvalue weighted by atomic mass is 9.98. The van der Waals surface area contributed by atoms with Gasteiger partial charge >= 0.3 is 23.9 Å². The smallest absolute Gasteiger partial charge is 0.337 e. The largest absolute Gasteiger partial charge is 0.479 e. The highest BCUT2D eigenvalue weighted by Gasteiger charge is 2.55. The number of benzene rings is 1. The Morgan fingerprint density at radius 2 is 1.34 bits per heavy atom. The zero-order chi connectivity index (χ0) is 25.9. The molecule has 5 atom stereocenters. The Morgan fingerprint density at radius 3 is 1.83 bits per heavy atom. The maximum absolute atomic E-state index is 12.5. The van der Waals surface area contributed by atoms with Gasteiger partial charge in [0, 0.05) is 20.8 Å².